The number of hydrogen-bond acceptors (Lipinski definition) is 4. The third kappa shape index (κ3) is 3.47. The van der Waals surface area contributed by atoms with Crippen LogP contribution in [0.1, 0.15) is 32.1 Å². The summed E-state index contributed by atoms with van der Waals surface area (Å²) < 4.78 is 31.0. The number of carbonyl (C=O) groups excluding carboxylic acids is 1. The number of nitrogens with zero attached hydrogens (tertiary/aromatic N) is 4. The predicted octanol–water partition coefficient (Wildman–Crippen LogP) is 1.54. The highest BCUT2D eigenvalue weighted by molar-refractivity contribution is 7.89. The standard InChI is InChI=1S/C21H30N4O4S/c1-22-11-5-4-6-17(20(22)26)15-9-12-25(13-10-15)30(28,29)16-7-8-18-19(14-16)24(3)21(27)23(18)2/h7-8,14-15,17H,4-6,9-13H2,1-3H3/t17-/m1/s1. The maximum absolute atomic E-state index is 13.2. The Labute approximate surface area is 177 Å². The maximum atomic E-state index is 13.2. The lowest BCUT2D eigenvalue weighted by Gasteiger charge is -2.35. The van der Waals surface area contributed by atoms with E-state index in [1.807, 2.05) is 11.9 Å². The Morgan fingerprint density at radius 3 is 2.23 bits per heavy atom. The van der Waals surface area contributed by atoms with E-state index in [9.17, 15) is 18.0 Å². The van der Waals surface area contributed by atoms with Crippen LogP contribution in [0.3, 0.4) is 0 Å². The molecule has 1 atom stereocenters. The molecule has 9 heteroatoms. The third-order valence-electron chi connectivity index (χ3n) is 6.90. The molecule has 0 radical (unpaired) electrons. The fraction of sp³-hybridized carbons (Fsp3) is 0.619. The van der Waals surface area contributed by atoms with Gasteiger partial charge in [-0.25, -0.2) is 13.2 Å². The predicted molar refractivity (Wildman–Crippen MR) is 115 cm³/mol. The SMILES string of the molecule is CN1CCCC[C@H](C2CCN(S(=O)(=O)c3ccc4c(c3)n(C)c(=O)n4C)CC2)C1=O. The summed E-state index contributed by atoms with van der Waals surface area (Å²) in [4.78, 5) is 26.9. The monoisotopic (exact) mass is 434 g/mol. The van der Waals surface area contributed by atoms with Crippen LogP contribution in [0.2, 0.25) is 0 Å². The van der Waals surface area contributed by atoms with E-state index in [2.05, 4.69) is 0 Å². The minimum absolute atomic E-state index is 0.0116. The number of aryl methyl sites for hydroxylation is 2. The second-order valence-corrected chi connectivity index (χ2v) is 10.6. The fourth-order valence-electron chi connectivity index (χ4n) is 4.98. The summed E-state index contributed by atoms with van der Waals surface area (Å²) in [6.45, 7) is 1.66. The van der Waals surface area contributed by atoms with Crippen molar-refractivity contribution in [2.24, 2.45) is 25.9 Å². The molecular formula is C21H30N4O4S. The number of aromatic nitrogens is 2. The number of carbonyl (C=O) groups is 1. The van der Waals surface area contributed by atoms with Crippen molar-refractivity contribution >= 4 is 27.0 Å². The Kier molecular flexibility index (Phi) is 5.52. The molecule has 0 bridgehead atoms. The van der Waals surface area contributed by atoms with E-state index in [1.54, 1.807) is 32.3 Å². The van der Waals surface area contributed by atoms with Crippen molar-refractivity contribution in [2.45, 2.75) is 37.0 Å². The molecule has 2 aliphatic rings. The number of amides is 1. The summed E-state index contributed by atoms with van der Waals surface area (Å²) in [6.07, 6.45) is 4.40. The van der Waals surface area contributed by atoms with Crippen LogP contribution in [0.5, 0.6) is 0 Å². The third-order valence-corrected chi connectivity index (χ3v) is 8.80. The lowest BCUT2D eigenvalue weighted by atomic mass is 9.81. The molecule has 2 fully saturated rings. The first-order valence-electron chi connectivity index (χ1n) is 10.6. The van der Waals surface area contributed by atoms with Gasteiger partial charge in [-0.2, -0.15) is 4.31 Å². The van der Waals surface area contributed by atoms with Crippen molar-refractivity contribution in [2.75, 3.05) is 26.7 Å². The number of benzene rings is 1. The molecule has 164 valence electrons. The van der Waals surface area contributed by atoms with Gasteiger partial charge in [0.2, 0.25) is 15.9 Å². The van der Waals surface area contributed by atoms with Crippen LogP contribution in [0, 0.1) is 11.8 Å². The number of fused-ring (bicyclic) bond motifs is 1. The number of rotatable bonds is 3. The first kappa shape index (κ1) is 21.1. The van der Waals surface area contributed by atoms with Crippen LogP contribution in [0.4, 0.5) is 0 Å². The normalized spacial score (nSPS) is 22.6. The van der Waals surface area contributed by atoms with Gasteiger partial charge in [0, 0.05) is 46.7 Å². The van der Waals surface area contributed by atoms with Gasteiger partial charge < -0.3 is 4.90 Å². The Balaban J connectivity index is 1.53. The molecule has 1 aromatic heterocycles. The minimum atomic E-state index is -3.65. The molecular weight excluding hydrogens is 404 g/mol. The van der Waals surface area contributed by atoms with E-state index in [4.69, 9.17) is 0 Å². The average molecular weight is 435 g/mol. The number of sulfonamides is 1. The number of likely N-dealkylation sites (tertiary alicyclic amines) is 1. The van der Waals surface area contributed by atoms with E-state index in [0.29, 0.717) is 37.0 Å². The summed E-state index contributed by atoms with van der Waals surface area (Å²) in [5.41, 5.74) is 1.13. The van der Waals surface area contributed by atoms with Crippen molar-refractivity contribution in [1.82, 2.24) is 18.3 Å². The van der Waals surface area contributed by atoms with E-state index in [0.717, 1.165) is 25.8 Å². The zero-order chi connectivity index (χ0) is 21.6. The first-order chi connectivity index (χ1) is 14.2. The quantitative estimate of drug-likeness (QED) is 0.733. The molecule has 8 nitrogen and oxygen atoms in total. The highest BCUT2D eigenvalue weighted by Gasteiger charge is 2.37. The Morgan fingerprint density at radius 1 is 0.867 bits per heavy atom. The Hall–Kier alpha value is -2.13. The van der Waals surface area contributed by atoms with Crippen LogP contribution < -0.4 is 5.69 Å². The molecule has 2 saturated heterocycles. The molecule has 0 saturated carbocycles. The van der Waals surface area contributed by atoms with E-state index in [1.165, 1.54) is 13.4 Å². The van der Waals surface area contributed by atoms with Crippen molar-refractivity contribution < 1.29 is 13.2 Å². The van der Waals surface area contributed by atoms with Gasteiger partial charge in [-0.1, -0.05) is 6.42 Å². The molecule has 1 amide bonds. The number of imidazole rings is 1. The molecule has 1 aromatic carbocycles. The number of hydrogen-bond donors (Lipinski definition) is 0. The van der Waals surface area contributed by atoms with Crippen molar-refractivity contribution in [3.05, 3.63) is 28.7 Å². The van der Waals surface area contributed by atoms with Crippen LogP contribution in [0.15, 0.2) is 27.9 Å². The summed E-state index contributed by atoms with van der Waals surface area (Å²) in [7, 11) is 1.54. The van der Waals surface area contributed by atoms with Crippen LogP contribution in [0.25, 0.3) is 11.0 Å². The van der Waals surface area contributed by atoms with Crippen molar-refractivity contribution in [1.29, 1.82) is 0 Å². The van der Waals surface area contributed by atoms with Gasteiger partial charge >= 0.3 is 5.69 Å². The van der Waals surface area contributed by atoms with Gasteiger partial charge in [-0.3, -0.25) is 13.9 Å². The van der Waals surface area contributed by atoms with Gasteiger partial charge in [0.05, 0.1) is 15.9 Å². The van der Waals surface area contributed by atoms with Gasteiger partial charge in [0.15, 0.2) is 0 Å². The Bertz CT molecular complexity index is 1130. The lowest BCUT2D eigenvalue weighted by molar-refractivity contribution is -0.135. The second kappa shape index (κ2) is 7.85. The molecule has 4 rings (SSSR count). The number of piperidine rings is 1. The molecule has 0 unspecified atom stereocenters. The summed E-state index contributed by atoms with van der Waals surface area (Å²) in [5.74, 6) is 0.462. The van der Waals surface area contributed by atoms with E-state index >= 15 is 0 Å². The zero-order valence-corrected chi connectivity index (χ0v) is 18.7. The van der Waals surface area contributed by atoms with Gasteiger partial charge in [-0.15, -0.1) is 0 Å². The minimum Gasteiger partial charge on any atom is -0.346 e. The van der Waals surface area contributed by atoms with Crippen LogP contribution in [-0.2, 0) is 28.9 Å². The van der Waals surface area contributed by atoms with Gasteiger partial charge in [0.25, 0.3) is 0 Å². The van der Waals surface area contributed by atoms with Crippen molar-refractivity contribution in [3.8, 4) is 0 Å². The Morgan fingerprint density at radius 2 is 1.53 bits per heavy atom. The van der Waals surface area contributed by atoms with Crippen LogP contribution in [-0.4, -0.2) is 59.3 Å². The zero-order valence-electron chi connectivity index (χ0n) is 17.9. The summed E-state index contributed by atoms with van der Waals surface area (Å²) in [6, 6.07) is 4.85. The molecule has 2 aliphatic heterocycles. The highest BCUT2D eigenvalue weighted by atomic mass is 32.2. The largest absolute Gasteiger partial charge is 0.346 e. The highest BCUT2D eigenvalue weighted by Crippen LogP contribution is 2.33. The first-order valence-corrected chi connectivity index (χ1v) is 12.1. The molecule has 0 N–H and O–H groups in total. The maximum Gasteiger partial charge on any atom is 0.328 e. The van der Waals surface area contributed by atoms with Gasteiger partial charge in [-0.05, 0) is 49.8 Å². The summed E-state index contributed by atoms with van der Waals surface area (Å²) >= 11 is 0. The molecule has 2 aromatic rings. The van der Waals surface area contributed by atoms with Gasteiger partial charge in [0.1, 0.15) is 0 Å². The van der Waals surface area contributed by atoms with E-state index < -0.39 is 10.0 Å². The topological polar surface area (TPSA) is 84.6 Å². The molecule has 0 aliphatic carbocycles. The smallest absolute Gasteiger partial charge is 0.328 e. The van der Waals surface area contributed by atoms with Crippen LogP contribution >= 0.6 is 0 Å². The fourth-order valence-corrected chi connectivity index (χ4v) is 6.47. The average Bonchev–Trinajstić information content (AvgIpc) is 2.86. The van der Waals surface area contributed by atoms with E-state index in [-0.39, 0.29) is 28.3 Å². The molecule has 0 spiro atoms. The summed E-state index contributed by atoms with van der Waals surface area (Å²) in [5, 5.41) is 0. The second-order valence-electron chi connectivity index (χ2n) is 8.65. The molecule has 3 heterocycles. The lowest BCUT2D eigenvalue weighted by Crippen LogP contribution is -2.43. The van der Waals surface area contributed by atoms with Crippen molar-refractivity contribution in [3.63, 3.8) is 0 Å². The molecule has 30 heavy (non-hydrogen) atoms.